The minimum Gasteiger partial charge on any atom is -0.475 e. The lowest BCUT2D eigenvalue weighted by Gasteiger charge is -2.34. The largest absolute Gasteiger partial charge is 0.475 e. The summed E-state index contributed by atoms with van der Waals surface area (Å²) in [5, 5.41) is 9.13. The SMILES string of the molecule is Cc1cnc(OC2CCN(C(C)c3cc(C)c(C(=O)O)o3)CC2)nc1. The van der Waals surface area contributed by atoms with E-state index < -0.39 is 5.97 Å². The van der Waals surface area contributed by atoms with Crippen LogP contribution in [0.3, 0.4) is 0 Å². The molecule has 0 aromatic carbocycles. The summed E-state index contributed by atoms with van der Waals surface area (Å²) in [4.78, 5) is 21.8. The van der Waals surface area contributed by atoms with Crippen molar-refractivity contribution in [2.24, 2.45) is 0 Å². The Labute approximate surface area is 146 Å². The Kier molecular flexibility index (Phi) is 5.03. The second-order valence-corrected chi connectivity index (χ2v) is 6.54. The average Bonchev–Trinajstić information content (AvgIpc) is 2.99. The lowest BCUT2D eigenvalue weighted by atomic mass is 10.0. The Balaban J connectivity index is 1.57. The highest BCUT2D eigenvalue weighted by Crippen LogP contribution is 2.28. The minimum atomic E-state index is -1.03. The number of carboxylic acid groups (broad SMARTS) is 1. The van der Waals surface area contributed by atoms with Crippen molar-refractivity contribution in [3.05, 3.63) is 41.1 Å². The number of aryl methyl sites for hydroxylation is 2. The predicted octanol–water partition coefficient (Wildman–Crippen LogP) is 2.99. The maximum atomic E-state index is 11.1. The lowest BCUT2D eigenvalue weighted by Crippen LogP contribution is -2.39. The summed E-state index contributed by atoms with van der Waals surface area (Å²) in [6, 6.07) is 2.27. The number of likely N-dealkylation sites (tertiary alicyclic amines) is 1. The van der Waals surface area contributed by atoms with Crippen molar-refractivity contribution in [2.45, 2.75) is 45.8 Å². The zero-order valence-corrected chi connectivity index (χ0v) is 14.7. The quantitative estimate of drug-likeness (QED) is 0.891. The van der Waals surface area contributed by atoms with Crippen LogP contribution in [0.25, 0.3) is 0 Å². The number of carbonyl (C=O) groups is 1. The molecule has 3 heterocycles. The molecule has 1 unspecified atom stereocenters. The molecule has 7 heteroatoms. The van der Waals surface area contributed by atoms with Gasteiger partial charge in [0, 0.05) is 31.0 Å². The van der Waals surface area contributed by atoms with E-state index in [2.05, 4.69) is 14.9 Å². The molecule has 2 aromatic heterocycles. The number of hydrogen-bond donors (Lipinski definition) is 1. The van der Waals surface area contributed by atoms with Crippen LogP contribution in [0.15, 0.2) is 22.9 Å². The van der Waals surface area contributed by atoms with Crippen LogP contribution in [0.5, 0.6) is 6.01 Å². The van der Waals surface area contributed by atoms with Gasteiger partial charge in [-0.15, -0.1) is 0 Å². The van der Waals surface area contributed by atoms with Crippen LogP contribution in [0.1, 0.15) is 53.2 Å². The highest BCUT2D eigenvalue weighted by atomic mass is 16.5. The van der Waals surface area contributed by atoms with Crippen LogP contribution in [-0.4, -0.2) is 45.1 Å². The van der Waals surface area contributed by atoms with Crippen LogP contribution in [0, 0.1) is 13.8 Å². The third-order valence-electron chi connectivity index (χ3n) is 4.60. The maximum Gasteiger partial charge on any atom is 0.372 e. The first-order valence-corrected chi connectivity index (χ1v) is 8.47. The van der Waals surface area contributed by atoms with Crippen LogP contribution in [0.2, 0.25) is 0 Å². The third kappa shape index (κ3) is 3.99. The number of carboxylic acids is 1. The van der Waals surface area contributed by atoms with Gasteiger partial charge in [0.2, 0.25) is 5.76 Å². The Morgan fingerprint density at radius 2 is 1.96 bits per heavy atom. The predicted molar refractivity (Wildman–Crippen MR) is 90.8 cm³/mol. The van der Waals surface area contributed by atoms with Gasteiger partial charge in [-0.05, 0) is 45.2 Å². The fraction of sp³-hybridized carbons (Fsp3) is 0.500. The first-order chi connectivity index (χ1) is 11.9. The first-order valence-electron chi connectivity index (χ1n) is 8.47. The number of piperidine rings is 1. The topological polar surface area (TPSA) is 88.7 Å². The molecule has 1 atom stereocenters. The van der Waals surface area contributed by atoms with Crippen molar-refractivity contribution in [1.82, 2.24) is 14.9 Å². The fourth-order valence-corrected chi connectivity index (χ4v) is 3.08. The molecule has 1 aliphatic heterocycles. The van der Waals surface area contributed by atoms with Gasteiger partial charge in [0.15, 0.2) is 0 Å². The highest BCUT2D eigenvalue weighted by molar-refractivity contribution is 5.86. The normalized spacial score (nSPS) is 17.4. The van der Waals surface area contributed by atoms with Gasteiger partial charge in [0.1, 0.15) is 11.9 Å². The average molecular weight is 345 g/mol. The molecule has 2 aromatic rings. The number of ether oxygens (including phenoxy) is 1. The molecule has 0 radical (unpaired) electrons. The number of aromatic carboxylic acids is 1. The summed E-state index contributed by atoms with van der Waals surface area (Å²) in [7, 11) is 0. The van der Waals surface area contributed by atoms with E-state index in [4.69, 9.17) is 14.3 Å². The van der Waals surface area contributed by atoms with E-state index in [0.717, 1.165) is 31.5 Å². The number of hydrogen-bond acceptors (Lipinski definition) is 6. The van der Waals surface area contributed by atoms with Gasteiger partial charge < -0.3 is 14.3 Å². The van der Waals surface area contributed by atoms with Crippen LogP contribution in [-0.2, 0) is 0 Å². The Hall–Kier alpha value is -2.41. The van der Waals surface area contributed by atoms with E-state index >= 15 is 0 Å². The lowest BCUT2D eigenvalue weighted by molar-refractivity contribution is 0.0619. The second kappa shape index (κ2) is 7.23. The van der Waals surface area contributed by atoms with Crippen molar-refractivity contribution in [1.29, 1.82) is 0 Å². The van der Waals surface area contributed by atoms with Gasteiger partial charge >= 0.3 is 12.0 Å². The summed E-state index contributed by atoms with van der Waals surface area (Å²) >= 11 is 0. The molecular formula is C18H23N3O4. The summed E-state index contributed by atoms with van der Waals surface area (Å²) in [5.74, 6) is -0.311. The molecule has 0 spiro atoms. The zero-order valence-electron chi connectivity index (χ0n) is 14.7. The molecule has 3 rings (SSSR count). The Morgan fingerprint density at radius 1 is 1.32 bits per heavy atom. The Morgan fingerprint density at radius 3 is 2.52 bits per heavy atom. The number of nitrogens with zero attached hydrogens (tertiary/aromatic N) is 3. The molecule has 1 fully saturated rings. The van der Waals surface area contributed by atoms with Crippen molar-refractivity contribution in [3.63, 3.8) is 0 Å². The molecule has 25 heavy (non-hydrogen) atoms. The number of aromatic nitrogens is 2. The highest BCUT2D eigenvalue weighted by Gasteiger charge is 2.28. The molecule has 1 aliphatic rings. The molecule has 134 valence electrons. The van der Waals surface area contributed by atoms with Crippen LogP contribution >= 0.6 is 0 Å². The summed E-state index contributed by atoms with van der Waals surface area (Å²) in [6.07, 6.45) is 5.33. The second-order valence-electron chi connectivity index (χ2n) is 6.54. The van der Waals surface area contributed by atoms with Crippen LogP contribution < -0.4 is 4.74 Å². The van der Waals surface area contributed by atoms with Gasteiger partial charge in [-0.3, -0.25) is 4.90 Å². The molecule has 1 saturated heterocycles. The van der Waals surface area contributed by atoms with Gasteiger partial charge in [-0.2, -0.15) is 0 Å². The molecule has 1 N–H and O–H groups in total. The summed E-state index contributed by atoms with van der Waals surface area (Å²) in [5.41, 5.74) is 1.66. The molecule has 0 saturated carbocycles. The van der Waals surface area contributed by atoms with Crippen molar-refractivity contribution >= 4 is 5.97 Å². The van der Waals surface area contributed by atoms with Crippen LogP contribution in [0.4, 0.5) is 0 Å². The van der Waals surface area contributed by atoms with E-state index in [0.29, 0.717) is 17.3 Å². The molecular weight excluding hydrogens is 322 g/mol. The number of furan rings is 1. The molecule has 0 aliphatic carbocycles. The fourth-order valence-electron chi connectivity index (χ4n) is 3.08. The monoisotopic (exact) mass is 345 g/mol. The third-order valence-corrected chi connectivity index (χ3v) is 4.60. The van der Waals surface area contributed by atoms with E-state index in [1.54, 1.807) is 19.3 Å². The standard InChI is InChI=1S/C18H23N3O4/c1-11-9-19-18(20-10-11)24-14-4-6-21(7-5-14)13(3)15-8-12(2)16(25-15)17(22)23/h8-10,13-14H,4-7H2,1-3H3,(H,22,23). The Bertz CT molecular complexity index is 733. The summed E-state index contributed by atoms with van der Waals surface area (Å²) in [6.45, 7) is 7.43. The van der Waals surface area contributed by atoms with E-state index in [1.165, 1.54) is 0 Å². The first kappa shape index (κ1) is 17.4. The zero-order chi connectivity index (χ0) is 18.0. The van der Waals surface area contributed by atoms with E-state index in [9.17, 15) is 4.79 Å². The van der Waals surface area contributed by atoms with Gasteiger partial charge in [0.25, 0.3) is 0 Å². The van der Waals surface area contributed by atoms with Gasteiger partial charge in [-0.25, -0.2) is 14.8 Å². The summed E-state index contributed by atoms with van der Waals surface area (Å²) < 4.78 is 11.4. The van der Waals surface area contributed by atoms with Crippen molar-refractivity contribution in [3.8, 4) is 6.01 Å². The smallest absolute Gasteiger partial charge is 0.372 e. The number of rotatable bonds is 5. The molecule has 0 bridgehead atoms. The van der Waals surface area contributed by atoms with E-state index in [-0.39, 0.29) is 17.9 Å². The van der Waals surface area contributed by atoms with E-state index in [1.807, 2.05) is 19.9 Å². The minimum absolute atomic E-state index is 0.0246. The maximum absolute atomic E-state index is 11.1. The molecule has 0 amide bonds. The van der Waals surface area contributed by atoms with Gasteiger partial charge in [0.05, 0.1) is 6.04 Å². The van der Waals surface area contributed by atoms with Crippen molar-refractivity contribution < 1.29 is 19.1 Å². The van der Waals surface area contributed by atoms with Crippen molar-refractivity contribution in [2.75, 3.05) is 13.1 Å². The molecule has 7 nitrogen and oxygen atoms in total. The van der Waals surface area contributed by atoms with Gasteiger partial charge in [-0.1, -0.05) is 0 Å².